The van der Waals surface area contributed by atoms with E-state index in [0.717, 1.165) is 27.5 Å². The molecule has 0 fully saturated rings. The Bertz CT molecular complexity index is 913. The molecule has 128 valence electrons. The van der Waals surface area contributed by atoms with Crippen molar-refractivity contribution < 1.29 is 13.9 Å². The first kappa shape index (κ1) is 16.1. The van der Waals surface area contributed by atoms with Crippen LogP contribution in [-0.2, 0) is 17.1 Å². The molecule has 0 radical (unpaired) electrons. The van der Waals surface area contributed by atoms with Gasteiger partial charge in [-0.3, -0.25) is 4.57 Å². The Kier molecular flexibility index (Phi) is 4.42. The molecule has 0 aliphatic carbocycles. The van der Waals surface area contributed by atoms with Crippen molar-refractivity contribution in [3.05, 3.63) is 65.2 Å². The topological polar surface area (TPSA) is 49.2 Å². The number of benzene rings is 2. The molecule has 0 atom stereocenters. The molecule has 2 heterocycles. The van der Waals surface area contributed by atoms with Crippen molar-refractivity contribution in [1.29, 1.82) is 0 Å². The molecule has 0 spiro atoms. The Balaban J connectivity index is 1.61. The highest BCUT2D eigenvalue weighted by Crippen LogP contribution is 2.34. The highest BCUT2D eigenvalue weighted by Gasteiger charge is 2.18. The third kappa shape index (κ3) is 3.25. The van der Waals surface area contributed by atoms with Crippen LogP contribution in [0.15, 0.2) is 47.9 Å². The lowest BCUT2D eigenvalue weighted by Crippen LogP contribution is -2.13. The van der Waals surface area contributed by atoms with Crippen LogP contribution in [0.1, 0.15) is 16.7 Å². The number of halogens is 1. The number of rotatable bonds is 4. The van der Waals surface area contributed by atoms with E-state index in [9.17, 15) is 4.39 Å². The molecule has 1 aromatic heterocycles. The average Bonchev–Trinajstić information content (AvgIpc) is 3.08. The Hall–Kier alpha value is -2.38. The number of aryl methyl sites for hydroxylation is 1. The van der Waals surface area contributed by atoms with E-state index in [1.54, 1.807) is 6.33 Å². The molecule has 0 amide bonds. The molecule has 2 aromatic carbocycles. The third-order valence-corrected chi connectivity index (χ3v) is 4.99. The zero-order valence-corrected chi connectivity index (χ0v) is 14.4. The van der Waals surface area contributed by atoms with Crippen LogP contribution in [-0.4, -0.2) is 21.6 Å². The van der Waals surface area contributed by atoms with Gasteiger partial charge in [-0.2, -0.15) is 0 Å². The Morgan fingerprint density at radius 1 is 1.28 bits per heavy atom. The first-order valence-corrected chi connectivity index (χ1v) is 8.81. The number of nitrogens with zero attached hydrogens (tertiary/aromatic N) is 3. The lowest BCUT2D eigenvalue weighted by atomic mass is 10.1. The summed E-state index contributed by atoms with van der Waals surface area (Å²) < 4.78 is 26.6. The maximum Gasteiger partial charge on any atom is 0.195 e. The number of thioether (sulfide) groups is 1. The third-order valence-electron chi connectivity index (χ3n) is 4.00. The molecular weight excluding hydrogens is 341 g/mol. The summed E-state index contributed by atoms with van der Waals surface area (Å²) in [5, 5.41) is 8.97. The van der Waals surface area contributed by atoms with Crippen LogP contribution in [0.5, 0.6) is 5.75 Å². The zero-order chi connectivity index (χ0) is 17.2. The summed E-state index contributed by atoms with van der Waals surface area (Å²) in [6, 6.07) is 11.0. The summed E-state index contributed by atoms with van der Waals surface area (Å²) in [7, 11) is 0. The summed E-state index contributed by atoms with van der Waals surface area (Å²) in [6.45, 7) is 2.60. The van der Waals surface area contributed by atoms with Crippen LogP contribution >= 0.6 is 11.8 Å². The number of ether oxygens (including phenoxy) is 2. The van der Waals surface area contributed by atoms with Crippen molar-refractivity contribution in [2.24, 2.45) is 0 Å². The summed E-state index contributed by atoms with van der Waals surface area (Å²) in [5.74, 6) is 0.955. The van der Waals surface area contributed by atoms with E-state index >= 15 is 0 Å². The van der Waals surface area contributed by atoms with Gasteiger partial charge in [-0.25, -0.2) is 4.39 Å². The van der Waals surface area contributed by atoms with Gasteiger partial charge in [0.1, 0.15) is 17.9 Å². The maximum atomic E-state index is 13.9. The fourth-order valence-corrected chi connectivity index (χ4v) is 3.72. The molecule has 5 nitrogen and oxygen atoms in total. The molecular formula is C18H16FN3O2S. The van der Waals surface area contributed by atoms with E-state index in [4.69, 9.17) is 9.47 Å². The fourth-order valence-electron chi connectivity index (χ4n) is 2.83. The average molecular weight is 357 g/mol. The van der Waals surface area contributed by atoms with Crippen LogP contribution in [0.25, 0.3) is 5.69 Å². The largest absolute Gasteiger partial charge is 0.467 e. The molecule has 1 aliphatic heterocycles. The van der Waals surface area contributed by atoms with Crippen LogP contribution in [0.4, 0.5) is 4.39 Å². The predicted molar refractivity (Wildman–Crippen MR) is 92.3 cm³/mol. The summed E-state index contributed by atoms with van der Waals surface area (Å²) in [5.41, 5.74) is 3.69. The number of hydrogen-bond donors (Lipinski definition) is 0. The van der Waals surface area contributed by atoms with E-state index in [2.05, 4.69) is 10.2 Å². The molecule has 4 rings (SSSR count). The summed E-state index contributed by atoms with van der Waals surface area (Å²) >= 11 is 1.49. The highest BCUT2D eigenvalue weighted by atomic mass is 32.2. The maximum absolute atomic E-state index is 13.9. The lowest BCUT2D eigenvalue weighted by Gasteiger charge is -2.20. The minimum atomic E-state index is -0.288. The van der Waals surface area contributed by atoms with Gasteiger partial charge in [-0.1, -0.05) is 30.0 Å². The quantitative estimate of drug-likeness (QED) is 0.664. The van der Waals surface area contributed by atoms with E-state index in [-0.39, 0.29) is 12.6 Å². The second-order valence-corrected chi connectivity index (χ2v) is 6.66. The Morgan fingerprint density at radius 2 is 2.16 bits per heavy atom. The van der Waals surface area contributed by atoms with Gasteiger partial charge in [0.05, 0.1) is 12.3 Å². The predicted octanol–water partition coefficient (Wildman–Crippen LogP) is 3.87. The molecule has 7 heteroatoms. The van der Waals surface area contributed by atoms with E-state index < -0.39 is 0 Å². The smallest absolute Gasteiger partial charge is 0.195 e. The van der Waals surface area contributed by atoms with Crippen molar-refractivity contribution in [2.45, 2.75) is 24.4 Å². The van der Waals surface area contributed by atoms with Gasteiger partial charge < -0.3 is 9.47 Å². The van der Waals surface area contributed by atoms with Crippen molar-refractivity contribution in [3.8, 4) is 11.4 Å². The van der Waals surface area contributed by atoms with Gasteiger partial charge in [-0.05, 0) is 30.7 Å². The van der Waals surface area contributed by atoms with Crippen molar-refractivity contribution in [2.75, 3.05) is 6.79 Å². The Morgan fingerprint density at radius 3 is 3.04 bits per heavy atom. The van der Waals surface area contributed by atoms with Gasteiger partial charge >= 0.3 is 0 Å². The SMILES string of the molecule is Cc1ccccc1-n1cnnc1SCc1cc(F)cc2c1OCOC2. The number of fused-ring (bicyclic) bond motifs is 1. The van der Waals surface area contributed by atoms with Gasteiger partial charge in [0.2, 0.25) is 0 Å². The van der Waals surface area contributed by atoms with E-state index in [1.165, 1.54) is 23.9 Å². The second-order valence-electron chi connectivity index (χ2n) is 5.72. The minimum absolute atomic E-state index is 0.190. The normalized spacial score (nSPS) is 13.4. The molecule has 0 N–H and O–H groups in total. The van der Waals surface area contributed by atoms with Gasteiger partial charge in [0.25, 0.3) is 0 Å². The van der Waals surface area contributed by atoms with E-state index in [0.29, 0.717) is 18.1 Å². The molecule has 0 saturated carbocycles. The molecule has 3 aromatic rings. The molecule has 25 heavy (non-hydrogen) atoms. The van der Waals surface area contributed by atoms with Gasteiger partial charge in [0.15, 0.2) is 11.9 Å². The number of aromatic nitrogens is 3. The summed E-state index contributed by atoms with van der Waals surface area (Å²) in [4.78, 5) is 0. The summed E-state index contributed by atoms with van der Waals surface area (Å²) in [6.07, 6.45) is 1.69. The van der Waals surface area contributed by atoms with Crippen molar-refractivity contribution in [1.82, 2.24) is 14.8 Å². The zero-order valence-electron chi connectivity index (χ0n) is 13.6. The van der Waals surface area contributed by atoms with Crippen LogP contribution in [0.3, 0.4) is 0 Å². The minimum Gasteiger partial charge on any atom is -0.467 e. The fraction of sp³-hybridized carbons (Fsp3) is 0.222. The standard InChI is InChI=1S/C18H16FN3O2S/c1-12-4-2-3-5-16(12)22-10-20-21-18(22)25-9-14-7-15(19)6-13-8-23-11-24-17(13)14/h2-7,10H,8-9,11H2,1H3. The van der Waals surface area contributed by atoms with Crippen molar-refractivity contribution >= 4 is 11.8 Å². The number of para-hydroxylation sites is 1. The van der Waals surface area contributed by atoms with Gasteiger partial charge in [0, 0.05) is 16.9 Å². The molecule has 1 aliphatic rings. The van der Waals surface area contributed by atoms with Crippen LogP contribution in [0.2, 0.25) is 0 Å². The van der Waals surface area contributed by atoms with Gasteiger partial charge in [-0.15, -0.1) is 10.2 Å². The monoisotopic (exact) mass is 357 g/mol. The molecule has 0 unspecified atom stereocenters. The first-order valence-electron chi connectivity index (χ1n) is 7.83. The highest BCUT2D eigenvalue weighted by molar-refractivity contribution is 7.98. The molecule has 0 bridgehead atoms. The second kappa shape index (κ2) is 6.85. The van der Waals surface area contributed by atoms with Crippen LogP contribution < -0.4 is 4.74 Å². The first-order chi connectivity index (χ1) is 12.2. The molecule has 0 saturated heterocycles. The van der Waals surface area contributed by atoms with E-state index in [1.807, 2.05) is 35.8 Å². The van der Waals surface area contributed by atoms with Crippen molar-refractivity contribution in [3.63, 3.8) is 0 Å². The van der Waals surface area contributed by atoms with Crippen LogP contribution in [0, 0.1) is 12.7 Å². The number of hydrogen-bond acceptors (Lipinski definition) is 5. The Labute approximate surface area is 148 Å². The lowest BCUT2D eigenvalue weighted by molar-refractivity contribution is -0.0171.